The first-order chi connectivity index (χ1) is 8.88. The smallest absolute Gasteiger partial charge is 0.119 e. The maximum absolute atomic E-state index is 8.83. The van der Waals surface area contributed by atoms with E-state index < -0.39 is 0 Å². The second kappa shape index (κ2) is 6.82. The van der Waals surface area contributed by atoms with Gasteiger partial charge < -0.3 is 9.84 Å². The fraction of sp³-hybridized carbons (Fsp3) is 0.250. The zero-order valence-electron chi connectivity index (χ0n) is 10.4. The predicted molar refractivity (Wildman–Crippen MR) is 72.9 cm³/mol. The van der Waals surface area contributed by atoms with Gasteiger partial charge in [0, 0.05) is 13.0 Å². The summed E-state index contributed by atoms with van der Waals surface area (Å²) in [5.74, 6) is 0.882. The van der Waals surface area contributed by atoms with Crippen molar-refractivity contribution in [3.8, 4) is 5.75 Å². The average molecular weight is 242 g/mol. The van der Waals surface area contributed by atoms with Crippen LogP contribution in [-0.2, 0) is 12.8 Å². The van der Waals surface area contributed by atoms with Gasteiger partial charge in [0.15, 0.2) is 0 Å². The fourth-order valence-corrected chi connectivity index (χ4v) is 1.81. The summed E-state index contributed by atoms with van der Waals surface area (Å²) < 4.78 is 5.68. The lowest BCUT2D eigenvalue weighted by atomic mass is 10.1. The number of hydrogen-bond acceptors (Lipinski definition) is 2. The largest absolute Gasteiger partial charge is 0.493 e. The molecule has 0 bridgehead atoms. The Labute approximate surface area is 108 Å². The second-order valence-corrected chi connectivity index (χ2v) is 4.20. The molecule has 2 nitrogen and oxygen atoms in total. The number of ether oxygens (including phenoxy) is 1. The average Bonchev–Trinajstić information content (AvgIpc) is 2.42. The highest BCUT2D eigenvalue weighted by molar-refractivity contribution is 5.27. The van der Waals surface area contributed by atoms with Gasteiger partial charge in [0.2, 0.25) is 0 Å². The molecule has 1 N–H and O–H groups in total. The molecular formula is C16H18O2. The SMILES string of the molecule is OCCc1ccc(OCCc2ccccc2)cc1. The van der Waals surface area contributed by atoms with E-state index in [1.807, 2.05) is 42.5 Å². The molecule has 0 radical (unpaired) electrons. The number of aliphatic hydroxyl groups excluding tert-OH is 1. The van der Waals surface area contributed by atoms with E-state index in [0.29, 0.717) is 13.0 Å². The van der Waals surface area contributed by atoms with E-state index >= 15 is 0 Å². The Morgan fingerprint density at radius 2 is 1.44 bits per heavy atom. The summed E-state index contributed by atoms with van der Waals surface area (Å²) in [6.07, 6.45) is 1.61. The van der Waals surface area contributed by atoms with E-state index in [0.717, 1.165) is 17.7 Å². The Hall–Kier alpha value is -1.80. The molecule has 0 spiro atoms. The molecule has 2 aromatic rings. The van der Waals surface area contributed by atoms with Crippen LogP contribution in [-0.4, -0.2) is 18.3 Å². The van der Waals surface area contributed by atoms with Crippen LogP contribution in [0.1, 0.15) is 11.1 Å². The lowest BCUT2D eigenvalue weighted by Crippen LogP contribution is -2.01. The standard InChI is InChI=1S/C16H18O2/c17-12-10-15-6-8-16(9-7-15)18-13-11-14-4-2-1-3-5-14/h1-9,17H,10-13H2. The first kappa shape index (κ1) is 12.7. The minimum Gasteiger partial charge on any atom is -0.493 e. The van der Waals surface area contributed by atoms with Crippen molar-refractivity contribution in [1.29, 1.82) is 0 Å². The van der Waals surface area contributed by atoms with E-state index in [1.54, 1.807) is 0 Å². The van der Waals surface area contributed by atoms with Crippen molar-refractivity contribution in [3.63, 3.8) is 0 Å². The third-order valence-corrected chi connectivity index (χ3v) is 2.83. The van der Waals surface area contributed by atoms with E-state index in [9.17, 15) is 0 Å². The van der Waals surface area contributed by atoms with E-state index in [4.69, 9.17) is 9.84 Å². The van der Waals surface area contributed by atoms with Crippen LogP contribution in [0.4, 0.5) is 0 Å². The highest BCUT2D eigenvalue weighted by atomic mass is 16.5. The molecule has 18 heavy (non-hydrogen) atoms. The van der Waals surface area contributed by atoms with Gasteiger partial charge in [0.1, 0.15) is 5.75 Å². The van der Waals surface area contributed by atoms with E-state index in [-0.39, 0.29) is 6.61 Å². The molecule has 0 amide bonds. The highest BCUT2D eigenvalue weighted by Crippen LogP contribution is 2.13. The van der Waals surface area contributed by atoms with Gasteiger partial charge >= 0.3 is 0 Å². The van der Waals surface area contributed by atoms with Gasteiger partial charge in [0.25, 0.3) is 0 Å². The Kier molecular flexibility index (Phi) is 4.79. The molecule has 0 aromatic heterocycles. The fourth-order valence-electron chi connectivity index (χ4n) is 1.81. The third-order valence-electron chi connectivity index (χ3n) is 2.83. The number of rotatable bonds is 6. The highest BCUT2D eigenvalue weighted by Gasteiger charge is 1.96. The normalized spacial score (nSPS) is 10.3. The van der Waals surface area contributed by atoms with Crippen LogP contribution in [0.5, 0.6) is 5.75 Å². The van der Waals surface area contributed by atoms with Gasteiger partial charge in [-0.25, -0.2) is 0 Å². The van der Waals surface area contributed by atoms with Gasteiger partial charge in [0.05, 0.1) is 6.61 Å². The zero-order chi connectivity index (χ0) is 12.6. The summed E-state index contributed by atoms with van der Waals surface area (Å²) in [6, 6.07) is 18.2. The summed E-state index contributed by atoms with van der Waals surface area (Å²) >= 11 is 0. The van der Waals surface area contributed by atoms with Crippen LogP contribution < -0.4 is 4.74 Å². The zero-order valence-corrected chi connectivity index (χ0v) is 10.4. The molecule has 0 heterocycles. The van der Waals surface area contributed by atoms with E-state index in [2.05, 4.69) is 12.1 Å². The summed E-state index contributed by atoms with van der Waals surface area (Å²) in [6.45, 7) is 0.873. The summed E-state index contributed by atoms with van der Waals surface area (Å²) in [4.78, 5) is 0. The lowest BCUT2D eigenvalue weighted by molar-refractivity contribution is 0.299. The molecule has 0 aliphatic heterocycles. The van der Waals surface area contributed by atoms with Gasteiger partial charge in [-0.2, -0.15) is 0 Å². The molecule has 0 fully saturated rings. The molecule has 0 unspecified atom stereocenters. The van der Waals surface area contributed by atoms with Crippen LogP contribution >= 0.6 is 0 Å². The predicted octanol–water partition coefficient (Wildman–Crippen LogP) is 2.84. The molecule has 0 aliphatic carbocycles. The Morgan fingerprint density at radius 1 is 0.778 bits per heavy atom. The van der Waals surface area contributed by atoms with Crippen molar-refractivity contribution in [2.75, 3.05) is 13.2 Å². The maximum atomic E-state index is 8.83. The van der Waals surface area contributed by atoms with Crippen LogP contribution in [0.15, 0.2) is 54.6 Å². The summed E-state index contributed by atoms with van der Waals surface area (Å²) in [5, 5.41) is 8.83. The molecule has 94 valence electrons. The van der Waals surface area contributed by atoms with Crippen molar-refractivity contribution in [3.05, 3.63) is 65.7 Å². The van der Waals surface area contributed by atoms with E-state index in [1.165, 1.54) is 5.56 Å². The first-order valence-electron chi connectivity index (χ1n) is 6.25. The molecule has 2 aromatic carbocycles. The molecule has 0 atom stereocenters. The molecule has 2 rings (SSSR count). The van der Waals surface area contributed by atoms with Crippen LogP contribution in [0.25, 0.3) is 0 Å². The van der Waals surface area contributed by atoms with Crippen molar-refractivity contribution >= 4 is 0 Å². The number of benzene rings is 2. The molecule has 0 saturated heterocycles. The van der Waals surface area contributed by atoms with Crippen LogP contribution in [0.2, 0.25) is 0 Å². The van der Waals surface area contributed by atoms with Gasteiger partial charge in [-0.05, 0) is 29.7 Å². The molecule has 2 heteroatoms. The Bertz CT molecular complexity index is 448. The van der Waals surface area contributed by atoms with Gasteiger partial charge in [-0.15, -0.1) is 0 Å². The minimum atomic E-state index is 0.189. The van der Waals surface area contributed by atoms with Crippen LogP contribution in [0.3, 0.4) is 0 Å². The molecular weight excluding hydrogens is 224 g/mol. The van der Waals surface area contributed by atoms with Gasteiger partial charge in [-0.1, -0.05) is 42.5 Å². The van der Waals surface area contributed by atoms with Gasteiger partial charge in [-0.3, -0.25) is 0 Å². The minimum absolute atomic E-state index is 0.189. The van der Waals surface area contributed by atoms with Crippen molar-refractivity contribution in [1.82, 2.24) is 0 Å². The lowest BCUT2D eigenvalue weighted by Gasteiger charge is -2.07. The molecule has 0 saturated carbocycles. The Balaban J connectivity index is 1.80. The second-order valence-electron chi connectivity index (χ2n) is 4.20. The van der Waals surface area contributed by atoms with Crippen molar-refractivity contribution in [2.24, 2.45) is 0 Å². The number of hydrogen-bond donors (Lipinski definition) is 1. The molecule has 0 aliphatic rings. The van der Waals surface area contributed by atoms with Crippen LogP contribution in [0, 0.1) is 0 Å². The monoisotopic (exact) mass is 242 g/mol. The van der Waals surface area contributed by atoms with Crippen molar-refractivity contribution < 1.29 is 9.84 Å². The summed E-state index contributed by atoms with van der Waals surface area (Å²) in [5.41, 5.74) is 2.42. The Morgan fingerprint density at radius 3 is 2.11 bits per heavy atom. The first-order valence-corrected chi connectivity index (χ1v) is 6.25. The summed E-state index contributed by atoms with van der Waals surface area (Å²) in [7, 11) is 0. The van der Waals surface area contributed by atoms with Crippen molar-refractivity contribution in [2.45, 2.75) is 12.8 Å². The number of aliphatic hydroxyl groups is 1. The third kappa shape index (κ3) is 3.90. The maximum Gasteiger partial charge on any atom is 0.119 e. The topological polar surface area (TPSA) is 29.5 Å². The quantitative estimate of drug-likeness (QED) is 0.844.